The number of nitrogens with zero attached hydrogens (tertiary/aromatic N) is 6. The van der Waals surface area contributed by atoms with Gasteiger partial charge in [0.1, 0.15) is 0 Å². The van der Waals surface area contributed by atoms with E-state index in [0.29, 0.717) is 28.1 Å². The van der Waals surface area contributed by atoms with E-state index >= 15 is 0 Å². The van der Waals surface area contributed by atoms with E-state index in [-0.39, 0.29) is 17.1 Å². The SMILES string of the molecule is O=C(NC1CC1)c1nn(-c2cccc(Br)c2)c2ncccc2c1=O.O=C(O)c1nn(-c2cccc(Br)c2)c2ncccc2c1=O. The van der Waals surface area contributed by atoms with E-state index in [4.69, 9.17) is 5.11 Å². The number of pyridine rings is 2. The van der Waals surface area contributed by atoms with Crippen molar-refractivity contribution in [2.45, 2.75) is 18.9 Å². The second-order valence-corrected chi connectivity index (χ2v) is 11.8. The van der Waals surface area contributed by atoms with Crippen LogP contribution < -0.4 is 16.2 Å². The lowest BCUT2D eigenvalue weighted by molar-refractivity contribution is 0.0687. The first-order valence-electron chi connectivity index (χ1n) is 13.5. The second-order valence-electron chi connectivity index (χ2n) is 9.94. The smallest absolute Gasteiger partial charge is 0.360 e. The number of carboxylic acids is 1. The van der Waals surface area contributed by atoms with E-state index in [1.807, 2.05) is 30.3 Å². The van der Waals surface area contributed by atoms with Crippen LogP contribution in [0.2, 0.25) is 0 Å². The summed E-state index contributed by atoms with van der Waals surface area (Å²) in [7, 11) is 0. The van der Waals surface area contributed by atoms with Crippen LogP contribution in [-0.2, 0) is 0 Å². The van der Waals surface area contributed by atoms with Gasteiger partial charge in [-0.25, -0.2) is 24.1 Å². The maximum absolute atomic E-state index is 12.6. The van der Waals surface area contributed by atoms with Gasteiger partial charge in [0, 0.05) is 27.4 Å². The number of hydrogen-bond acceptors (Lipinski definition) is 8. The summed E-state index contributed by atoms with van der Waals surface area (Å²) >= 11 is 6.77. The zero-order valence-electron chi connectivity index (χ0n) is 23.1. The van der Waals surface area contributed by atoms with Gasteiger partial charge in [-0.15, -0.1) is 0 Å². The minimum Gasteiger partial charge on any atom is -0.476 e. The van der Waals surface area contributed by atoms with Crippen LogP contribution in [0.25, 0.3) is 33.4 Å². The molecule has 6 aromatic rings. The van der Waals surface area contributed by atoms with Crippen molar-refractivity contribution in [3.05, 3.63) is 126 Å². The summed E-state index contributed by atoms with van der Waals surface area (Å²) < 4.78 is 4.56. The molecule has 2 N–H and O–H groups in total. The fourth-order valence-corrected chi connectivity index (χ4v) is 5.25. The van der Waals surface area contributed by atoms with Crippen LogP contribution in [0.15, 0.2) is 104 Å². The first-order chi connectivity index (χ1) is 21.7. The van der Waals surface area contributed by atoms with Crippen molar-refractivity contribution in [3.63, 3.8) is 0 Å². The molecule has 14 heteroatoms. The van der Waals surface area contributed by atoms with Crippen molar-refractivity contribution in [1.82, 2.24) is 34.8 Å². The number of aromatic carboxylic acids is 1. The predicted molar refractivity (Wildman–Crippen MR) is 173 cm³/mol. The molecule has 2 aromatic carbocycles. The van der Waals surface area contributed by atoms with Gasteiger partial charge in [-0.2, -0.15) is 10.2 Å². The molecule has 0 bridgehead atoms. The molecule has 4 aromatic heterocycles. The van der Waals surface area contributed by atoms with E-state index in [9.17, 15) is 19.2 Å². The third-order valence-electron chi connectivity index (χ3n) is 6.73. The van der Waals surface area contributed by atoms with Gasteiger partial charge < -0.3 is 10.4 Å². The fraction of sp³-hybridized carbons (Fsp3) is 0.0968. The van der Waals surface area contributed by atoms with E-state index in [0.717, 1.165) is 21.8 Å². The number of fused-ring (bicyclic) bond motifs is 2. The van der Waals surface area contributed by atoms with Crippen molar-refractivity contribution < 1.29 is 14.7 Å². The Morgan fingerprint density at radius 3 is 1.69 bits per heavy atom. The largest absolute Gasteiger partial charge is 0.476 e. The summed E-state index contributed by atoms with van der Waals surface area (Å²) in [5, 5.41) is 20.8. The number of aromatic nitrogens is 6. The second kappa shape index (κ2) is 12.5. The van der Waals surface area contributed by atoms with E-state index in [1.54, 1.807) is 42.6 Å². The number of halogens is 2. The Kier molecular flexibility index (Phi) is 8.32. The van der Waals surface area contributed by atoms with E-state index < -0.39 is 28.4 Å². The van der Waals surface area contributed by atoms with Crippen molar-refractivity contribution in [2.75, 3.05) is 0 Å². The van der Waals surface area contributed by atoms with Crippen LogP contribution >= 0.6 is 31.9 Å². The molecular formula is C31H21Br2N7O5. The van der Waals surface area contributed by atoms with Gasteiger partial charge in [-0.1, -0.05) is 44.0 Å². The van der Waals surface area contributed by atoms with Gasteiger partial charge in [0.25, 0.3) is 5.91 Å². The quantitative estimate of drug-likeness (QED) is 0.257. The molecule has 1 saturated carbocycles. The first-order valence-corrected chi connectivity index (χ1v) is 15.1. The van der Waals surface area contributed by atoms with Gasteiger partial charge in [0.15, 0.2) is 17.0 Å². The minimum atomic E-state index is -1.37. The molecule has 1 fully saturated rings. The topological polar surface area (TPSA) is 162 Å². The first kappa shape index (κ1) is 30.0. The van der Waals surface area contributed by atoms with Crippen LogP contribution in [0.1, 0.15) is 33.8 Å². The molecular weight excluding hydrogens is 710 g/mol. The molecule has 0 saturated heterocycles. The fourth-order valence-electron chi connectivity index (χ4n) is 4.47. The highest BCUT2D eigenvalue weighted by Crippen LogP contribution is 2.21. The molecule has 1 aliphatic carbocycles. The standard InChI is InChI=1S/C17H13BrN4O2.C14H8BrN3O3/c18-10-3-1-4-12(9-10)22-16-13(5-2-8-19-16)15(23)14(21-22)17(24)20-11-6-7-11;15-8-3-1-4-9(7-8)18-13-10(5-2-6-16-13)12(19)11(17-18)14(20)21/h1-5,8-9,11H,6-7H2,(H,20,24);1-7H,(H,20,21). The van der Waals surface area contributed by atoms with Gasteiger partial charge in [0.2, 0.25) is 16.6 Å². The Hall–Kier alpha value is -5.08. The summed E-state index contributed by atoms with van der Waals surface area (Å²) in [6.07, 6.45) is 5.02. The lowest BCUT2D eigenvalue weighted by Crippen LogP contribution is -2.33. The normalized spacial score (nSPS) is 12.4. The van der Waals surface area contributed by atoms with Crippen LogP contribution in [0, 0.1) is 0 Å². The summed E-state index contributed by atoms with van der Waals surface area (Å²) in [6.45, 7) is 0. The number of carbonyl (C=O) groups is 2. The third-order valence-corrected chi connectivity index (χ3v) is 7.72. The van der Waals surface area contributed by atoms with Gasteiger partial charge in [-0.3, -0.25) is 14.4 Å². The lowest BCUT2D eigenvalue weighted by atomic mass is 10.2. The molecule has 0 spiro atoms. The van der Waals surface area contributed by atoms with Crippen LogP contribution in [-0.4, -0.2) is 52.6 Å². The number of rotatable bonds is 5. The molecule has 1 amide bonds. The Morgan fingerprint density at radius 1 is 0.733 bits per heavy atom. The number of carbonyl (C=O) groups excluding carboxylic acids is 1. The molecule has 0 radical (unpaired) electrons. The third kappa shape index (κ3) is 6.28. The minimum absolute atomic E-state index is 0.109. The number of hydrogen-bond donors (Lipinski definition) is 2. The Balaban J connectivity index is 0.000000160. The van der Waals surface area contributed by atoms with Gasteiger partial charge >= 0.3 is 5.97 Å². The number of amides is 1. The zero-order chi connectivity index (χ0) is 31.7. The highest BCUT2D eigenvalue weighted by molar-refractivity contribution is 9.10. The molecule has 0 unspecified atom stereocenters. The average Bonchev–Trinajstić information content (AvgIpc) is 3.86. The van der Waals surface area contributed by atoms with Crippen LogP contribution in [0.4, 0.5) is 0 Å². The highest BCUT2D eigenvalue weighted by Gasteiger charge is 2.27. The summed E-state index contributed by atoms with van der Waals surface area (Å²) in [5.41, 5.74) is 0.371. The molecule has 12 nitrogen and oxygen atoms in total. The molecule has 224 valence electrons. The Labute approximate surface area is 270 Å². The monoisotopic (exact) mass is 729 g/mol. The Morgan fingerprint density at radius 2 is 1.22 bits per heavy atom. The van der Waals surface area contributed by atoms with Crippen LogP contribution in [0.5, 0.6) is 0 Å². The molecule has 45 heavy (non-hydrogen) atoms. The summed E-state index contributed by atoms with van der Waals surface area (Å²) in [4.78, 5) is 56.8. The number of benzene rings is 2. The highest BCUT2D eigenvalue weighted by atomic mass is 79.9. The lowest BCUT2D eigenvalue weighted by Gasteiger charge is -2.11. The molecule has 7 rings (SSSR count). The maximum Gasteiger partial charge on any atom is 0.360 e. The van der Waals surface area contributed by atoms with Crippen LogP contribution in [0.3, 0.4) is 0 Å². The van der Waals surface area contributed by atoms with Crippen molar-refractivity contribution in [2.24, 2.45) is 0 Å². The summed E-state index contributed by atoms with van der Waals surface area (Å²) in [6, 6.07) is 21.2. The molecule has 0 aliphatic heterocycles. The number of carboxylic acid groups (broad SMARTS) is 1. The Bertz CT molecular complexity index is 2250. The van der Waals surface area contributed by atoms with E-state index in [2.05, 4.69) is 57.3 Å². The predicted octanol–water partition coefficient (Wildman–Crippen LogP) is 4.68. The van der Waals surface area contributed by atoms with Crippen molar-refractivity contribution in [1.29, 1.82) is 0 Å². The summed E-state index contributed by atoms with van der Waals surface area (Å²) in [5.74, 6) is -1.80. The van der Waals surface area contributed by atoms with Gasteiger partial charge in [-0.05, 0) is 73.5 Å². The number of nitrogens with one attached hydrogen (secondary N) is 1. The molecule has 0 atom stereocenters. The van der Waals surface area contributed by atoms with Crippen molar-refractivity contribution in [3.8, 4) is 11.4 Å². The average molecular weight is 731 g/mol. The molecule has 4 heterocycles. The zero-order valence-corrected chi connectivity index (χ0v) is 26.3. The van der Waals surface area contributed by atoms with Gasteiger partial charge in [0.05, 0.1) is 22.1 Å². The maximum atomic E-state index is 12.6. The van der Waals surface area contributed by atoms with E-state index in [1.165, 1.54) is 21.6 Å². The molecule has 1 aliphatic rings. The van der Waals surface area contributed by atoms with Crippen molar-refractivity contribution >= 4 is 65.8 Å².